The van der Waals surface area contributed by atoms with Crippen molar-refractivity contribution in [1.29, 1.82) is 0 Å². The maximum atomic E-state index is 13.4. The molecule has 5 heteroatoms. The van der Waals surface area contributed by atoms with Crippen LogP contribution in [0.25, 0.3) is 10.9 Å². The fraction of sp³-hybridized carbons (Fsp3) is 0.600. The highest BCUT2D eigenvalue weighted by Gasteiger charge is 2.69. The number of ether oxygens (including phenoxy) is 1. The molecule has 4 aliphatic carbocycles. The van der Waals surface area contributed by atoms with Gasteiger partial charge in [-0.1, -0.05) is 32.0 Å². The number of ketones is 1. The molecule has 1 aromatic carbocycles. The van der Waals surface area contributed by atoms with E-state index in [1.54, 1.807) is 6.08 Å². The van der Waals surface area contributed by atoms with Crippen molar-refractivity contribution in [3.63, 3.8) is 0 Å². The Kier molecular flexibility index (Phi) is 4.66. The molecule has 4 aliphatic rings. The molecule has 0 radical (unpaired) electrons. The number of hydrogen-bond donors (Lipinski definition) is 2. The molecule has 1 heterocycles. The second-order valence-corrected chi connectivity index (χ2v) is 12.6. The van der Waals surface area contributed by atoms with Crippen molar-refractivity contribution in [2.45, 2.75) is 89.8 Å². The lowest BCUT2D eigenvalue weighted by Crippen LogP contribution is -2.66. The monoisotopic (exact) mass is 475 g/mol. The molecule has 0 unspecified atom stereocenters. The van der Waals surface area contributed by atoms with Crippen LogP contribution in [0.2, 0.25) is 0 Å². The Morgan fingerprint density at radius 1 is 1.17 bits per heavy atom. The van der Waals surface area contributed by atoms with Crippen LogP contribution in [0.5, 0.6) is 0 Å². The first-order valence-electron chi connectivity index (χ1n) is 13.2. The Hall–Kier alpha value is -2.40. The molecule has 0 aliphatic heterocycles. The third-order valence-electron chi connectivity index (χ3n) is 10.8. The Labute approximate surface area is 207 Å². The molecule has 0 bridgehead atoms. The van der Waals surface area contributed by atoms with Crippen LogP contribution in [0.3, 0.4) is 0 Å². The van der Waals surface area contributed by atoms with Gasteiger partial charge < -0.3 is 14.8 Å². The van der Waals surface area contributed by atoms with E-state index in [1.807, 2.05) is 13.8 Å². The molecule has 6 rings (SSSR count). The predicted molar refractivity (Wildman–Crippen MR) is 135 cm³/mol. The van der Waals surface area contributed by atoms with Crippen molar-refractivity contribution >= 4 is 22.7 Å². The highest BCUT2D eigenvalue weighted by atomic mass is 16.6. The molecule has 5 nitrogen and oxygen atoms in total. The number of benzene rings is 1. The highest BCUT2D eigenvalue weighted by molar-refractivity contribution is 5.95. The number of aliphatic hydroxyl groups is 1. The second kappa shape index (κ2) is 7.09. The Balaban J connectivity index is 1.44. The van der Waals surface area contributed by atoms with Gasteiger partial charge >= 0.3 is 5.97 Å². The van der Waals surface area contributed by atoms with E-state index in [1.165, 1.54) is 29.1 Å². The van der Waals surface area contributed by atoms with Crippen LogP contribution < -0.4 is 0 Å². The van der Waals surface area contributed by atoms with Gasteiger partial charge in [0.2, 0.25) is 0 Å². The SMILES string of the molecule is CC(=O)OC(C)(C)[C@H]1C[C@H]2CC[C@@]3(C)[C@@](O)(CC[C@H]4Cc5c([nH]c6ccccc56)[C@@]43C)C2=CC1=O. The van der Waals surface area contributed by atoms with E-state index < -0.39 is 11.2 Å². The number of aromatic nitrogens is 1. The zero-order valence-corrected chi connectivity index (χ0v) is 21.5. The normalized spacial score (nSPS) is 38.3. The number of carbonyl (C=O) groups is 2. The number of rotatable bonds is 2. The summed E-state index contributed by atoms with van der Waals surface area (Å²) >= 11 is 0. The molecule has 1 aromatic heterocycles. The summed E-state index contributed by atoms with van der Waals surface area (Å²) in [7, 11) is 0. The van der Waals surface area contributed by atoms with Crippen molar-refractivity contribution < 1.29 is 19.4 Å². The molecular weight excluding hydrogens is 438 g/mol. The van der Waals surface area contributed by atoms with E-state index in [0.29, 0.717) is 18.8 Å². The van der Waals surface area contributed by atoms with E-state index in [4.69, 9.17) is 4.74 Å². The van der Waals surface area contributed by atoms with Gasteiger partial charge in [0, 0.05) is 34.4 Å². The van der Waals surface area contributed by atoms with Gasteiger partial charge in [0.15, 0.2) is 5.78 Å². The molecule has 6 atom stereocenters. The molecule has 2 fully saturated rings. The minimum Gasteiger partial charge on any atom is -0.459 e. The molecular formula is C30H37NO4. The van der Waals surface area contributed by atoms with Crippen LogP contribution in [0.4, 0.5) is 0 Å². The van der Waals surface area contributed by atoms with Gasteiger partial charge in [0.05, 0.1) is 11.5 Å². The molecule has 2 N–H and O–H groups in total. The Morgan fingerprint density at radius 2 is 1.91 bits per heavy atom. The summed E-state index contributed by atoms with van der Waals surface area (Å²) < 4.78 is 5.56. The molecule has 186 valence electrons. The zero-order valence-electron chi connectivity index (χ0n) is 21.5. The van der Waals surface area contributed by atoms with Crippen molar-refractivity contribution in [2.24, 2.45) is 23.2 Å². The second-order valence-electron chi connectivity index (χ2n) is 12.6. The standard InChI is InChI=1S/C30H37NO4/c1-17(32)35-27(2,3)23-14-18-10-12-28(4)29(5)19(11-13-30(28,34)22(18)16-25(23)33)15-21-20-8-6-7-9-24(20)31-26(21)29/h6-9,16,18-19,23,31,34H,10-15H2,1-5H3/t18-,19+,23+,28-,29-,30-/m1/s1. The number of fused-ring (bicyclic) bond motifs is 9. The number of nitrogens with one attached hydrogen (secondary N) is 1. The van der Waals surface area contributed by atoms with Crippen LogP contribution >= 0.6 is 0 Å². The minimum absolute atomic E-state index is 0.0230. The van der Waals surface area contributed by atoms with E-state index in [9.17, 15) is 14.7 Å². The molecule has 2 saturated carbocycles. The number of aromatic amines is 1. The summed E-state index contributed by atoms with van der Waals surface area (Å²) in [5.74, 6) is -0.161. The predicted octanol–water partition coefficient (Wildman–Crippen LogP) is 5.40. The first-order chi connectivity index (χ1) is 16.4. The van der Waals surface area contributed by atoms with E-state index >= 15 is 0 Å². The van der Waals surface area contributed by atoms with Gasteiger partial charge in [-0.2, -0.15) is 0 Å². The van der Waals surface area contributed by atoms with Crippen LogP contribution in [0.1, 0.15) is 78.0 Å². The lowest BCUT2D eigenvalue weighted by molar-refractivity contribution is -0.172. The quantitative estimate of drug-likeness (QED) is 0.570. The maximum Gasteiger partial charge on any atom is 0.303 e. The van der Waals surface area contributed by atoms with Gasteiger partial charge in [-0.3, -0.25) is 9.59 Å². The van der Waals surface area contributed by atoms with Crippen molar-refractivity contribution in [3.05, 3.63) is 47.2 Å². The molecule has 0 saturated heterocycles. The summed E-state index contributed by atoms with van der Waals surface area (Å²) in [5.41, 5.74) is 2.35. The van der Waals surface area contributed by atoms with Crippen LogP contribution in [-0.2, 0) is 26.2 Å². The third kappa shape index (κ3) is 2.79. The number of H-pyrrole nitrogens is 1. The third-order valence-corrected chi connectivity index (χ3v) is 10.8. The average Bonchev–Trinajstić information content (AvgIpc) is 3.29. The smallest absolute Gasteiger partial charge is 0.303 e. The van der Waals surface area contributed by atoms with E-state index in [2.05, 4.69) is 43.1 Å². The topological polar surface area (TPSA) is 79.4 Å². The van der Waals surface area contributed by atoms with E-state index in [0.717, 1.165) is 31.3 Å². The summed E-state index contributed by atoms with van der Waals surface area (Å²) in [6.07, 6.45) is 6.89. The minimum atomic E-state index is -1.02. The maximum absolute atomic E-state index is 13.4. The van der Waals surface area contributed by atoms with Crippen LogP contribution in [-0.4, -0.2) is 33.0 Å². The average molecular weight is 476 g/mol. The number of esters is 1. The molecule has 35 heavy (non-hydrogen) atoms. The summed E-state index contributed by atoms with van der Waals surface area (Å²) in [6.45, 7) is 9.70. The van der Waals surface area contributed by atoms with Crippen molar-refractivity contribution in [2.75, 3.05) is 0 Å². The summed E-state index contributed by atoms with van der Waals surface area (Å²) in [6, 6.07) is 8.54. The Bertz CT molecular complexity index is 1290. The first kappa shape index (κ1) is 23.0. The van der Waals surface area contributed by atoms with Gasteiger partial charge in [-0.05, 0) is 87.5 Å². The molecule has 2 aromatic rings. The molecule has 0 spiro atoms. The van der Waals surface area contributed by atoms with Gasteiger partial charge in [0.25, 0.3) is 0 Å². The summed E-state index contributed by atoms with van der Waals surface area (Å²) in [5, 5.41) is 13.9. The van der Waals surface area contributed by atoms with Gasteiger partial charge in [0.1, 0.15) is 5.60 Å². The van der Waals surface area contributed by atoms with Crippen molar-refractivity contribution in [1.82, 2.24) is 4.98 Å². The lowest BCUT2D eigenvalue weighted by atomic mass is 9.41. The largest absolute Gasteiger partial charge is 0.459 e. The number of allylic oxidation sites excluding steroid dienone is 1. The van der Waals surface area contributed by atoms with Crippen molar-refractivity contribution in [3.8, 4) is 0 Å². The number of carbonyl (C=O) groups excluding carboxylic acids is 2. The number of para-hydroxylation sites is 1. The van der Waals surface area contributed by atoms with Crippen LogP contribution in [0.15, 0.2) is 35.9 Å². The van der Waals surface area contributed by atoms with Gasteiger partial charge in [-0.25, -0.2) is 0 Å². The lowest BCUT2D eigenvalue weighted by Gasteiger charge is -2.65. The fourth-order valence-corrected chi connectivity index (χ4v) is 8.81. The Morgan fingerprint density at radius 3 is 2.66 bits per heavy atom. The van der Waals surface area contributed by atoms with E-state index in [-0.39, 0.29) is 34.4 Å². The highest BCUT2D eigenvalue weighted by Crippen LogP contribution is 2.70. The van der Waals surface area contributed by atoms with Crippen LogP contribution in [0, 0.1) is 23.2 Å². The number of hydrogen-bond acceptors (Lipinski definition) is 4. The summed E-state index contributed by atoms with van der Waals surface area (Å²) in [4.78, 5) is 28.9. The first-order valence-corrected chi connectivity index (χ1v) is 13.2. The molecule has 0 amide bonds. The van der Waals surface area contributed by atoms with Gasteiger partial charge in [-0.15, -0.1) is 0 Å². The fourth-order valence-electron chi connectivity index (χ4n) is 8.81. The zero-order chi connectivity index (χ0) is 25.0.